The summed E-state index contributed by atoms with van der Waals surface area (Å²) in [5, 5.41) is 5.23. The number of carbonyl (C=O) groups excluding carboxylic acids is 2. The van der Waals surface area contributed by atoms with Crippen LogP contribution in [0.1, 0.15) is 39.5 Å². The smallest absolute Gasteiger partial charge is 0.354 e. The van der Waals surface area contributed by atoms with Crippen molar-refractivity contribution in [3.63, 3.8) is 0 Å². The normalized spacial score (nSPS) is 11.8. The molecule has 0 rings (SSSR count). The number of rotatable bonds is 11. The Morgan fingerprint density at radius 2 is 1.82 bits per heavy atom. The molecule has 0 saturated heterocycles. The van der Waals surface area contributed by atoms with Gasteiger partial charge in [-0.3, -0.25) is 14.1 Å². The van der Waals surface area contributed by atoms with Gasteiger partial charge >= 0.3 is 10.4 Å². The molecular weight excluding hydrogens is 312 g/mol. The summed E-state index contributed by atoms with van der Waals surface area (Å²) in [4.78, 5) is 23.1. The van der Waals surface area contributed by atoms with Gasteiger partial charge in [0, 0.05) is 6.54 Å². The quantitative estimate of drug-likeness (QED) is 0.288. The molecule has 0 fully saturated rings. The minimum Gasteiger partial charge on any atom is -0.354 e. The van der Waals surface area contributed by atoms with Crippen molar-refractivity contribution in [1.29, 1.82) is 0 Å². The van der Waals surface area contributed by atoms with Crippen molar-refractivity contribution < 1.29 is 26.7 Å². The van der Waals surface area contributed by atoms with Crippen molar-refractivity contribution in [3.05, 3.63) is 12.7 Å². The lowest BCUT2D eigenvalue weighted by molar-refractivity contribution is -0.130. The number of hydrogen-bond acceptors (Lipinski definition) is 5. The summed E-state index contributed by atoms with van der Waals surface area (Å²) >= 11 is 0. The minimum atomic E-state index is -4.36. The Bertz CT molecular complexity index is 487. The van der Waals surface area contributed by atoms with Crippen molar-refractivity contribution >= 4 is 22.2 Å². The highest BCUT2D eigenvalue weighted by molar-refractivity contribution is 7.80. The van der Waals surface area contributed by atoms with Crippen molar-refractivity contribution in [3.8, 4) is 0 Å². The Morgan fingerprint density at radius 3 is 2.36 bits per heavy atom. The zero-order valence-corrected chi connectivity index (χ0v) is 13.7. The van der Waals surface area contributed by atoms with Crippen LogP contribution in [-0.2, 0) is 24.2 Å². The largest absolute Gasteiger partial charge is 0.397 e. The van der Waals surface area contributed by atoms with Crippen LogP contribution in [0, 0.1) is 0 Å². The van der Waals surface area contributed by atoms with Gasteiger partial charge in [-0.15, -0.1) is 0 Å². The first kappa shape index (κ1) is 20.6. The Kier molecular flexibility index (Phi) is 8.91. The molecule has 3 N–H and O–H groups in total. The fourth-order valence-electron chi connectivity index (χ4n) is 1.58. The second-order valence-electron chi connectivity index (χ2n) is 5.24. The number of carbonyl (C=O) groups is 2. The van der Waals surface area contributed by atoms with Crippen LogP contribution in [0.15, 0.2) is 12.7 Å². The average molecular weight is 336 g/mol. The lowest BCUT2D eigenvalue weighted by atomic mass is 10.0. The summed E-state index contributed by atoms with van der Waals surface area (Å²) in [6, 6.07) is 0. The molecule has 128 valence electrons. The fourth-order valence-corrected chi connectivity index (χ4v) is 1.91. The SMILES string of the molecule is C=CC(=O)NC(C)(C)C(=O)NCCCCCCOS(=O)(=O)O. The maximum absolute atomic E-state index is 11.9. The summed E-state index contributed by atoms with van der Waals surface area (Å²) < 4.78 is 33.1. The van der Waals surface area contributed by atoms with Gasteiger partial charge < -0.3 is 10.6 Å². The molecule has 2 amide bonds. The van der Waals surface area contributed by atoms with Gasteiger partial charge in [0.05, 0.1) is 6.61 Å². The summed E-state index contributed by atoms with van der Waals surface area (Å²) in [6.07, 6.45) is 3.79. The predicted octanol–water partition coefficient (Wildman–Crippen LogP) is 0.563. The highest BCUT2D eigenvalue weighted by Gasteiger charge is 2.28. The zero-order valence-electron chi connectivity index (χ0n) is 12.9. The van der Waals surface area contributed by atoms with E-state index in [1.54, 1.807) is 13.8 Å². The van der Waals surface area contributed by atoms with Gasteiger partial charge in [-0.05, 0) is 32.8 Å². The zero-order chi connectivity index (χ0) is 17.2. The first-order valence-electron chi connectivity index (χ1n) is 6.93. The Balaban J connectivity index is 3.76. The van der Waals surface area contributed by atoms with Crippen LogP contribution >= 0.6 is 0 Å². The third-order valence-corrected chi connectivity index (χ3v) is 3.24. The second-order valence-corrected chi connectivity index (χ2v) is 6.33. The number of hydrogen-bond donors (Lipinski definition) is 3. The van der Waals surface area contributed by atoms with Crippen molar-refractivity contribution in [2.24, 2.45) is 0 Å². The first-order valence-corrected chi connectivity index (χ1v) is 8.30. The molecule has 0 unspecified atom stereocenters. The van der Waals surface area contributed by atoms with Crippen molar-refractivity contribution in [1.82, 2.24) is 10.6 Å². The van der Waals surface area contributed by atoms with Crippen LogP contribution < -0.4 is 10.6 Å². The Hall–Kier alpha value is -1.45. The summed E-state index contributed by atoms with van der Waals surface area (Å²) in [5.41, 5.74) is -1.02. The van der Waals surface area contributed by atoms with E-state index in [0.717, 1.165) is 12.5 Å². The molecule has 0 aromatic heterocycles. The molecule has 9 heteroatoms. The van der Waals surface area contributed by atoms with Gasteiger partial charge in [-0.2, -0.15) is 8.42 Å². The van der Waals surface area contributed by atoms with Crippen LogP contribution in [0.4, 0.5) is 0 Å². The Labute approximate surface area is 131 Å². The van der Waals surface area contributed by atoms with E-state index >= 15 is 0 Å². The third kappa shape index (κ3) is 10.3. The van der Waals surface area contributed by atoms with Crippen LogP contribution in [0.3, 0.4) is 0 Å². The number of amides is 2. The van der Waals surface area contributed by atoms with Gasteiger partial charge in [-0.25, -0.2) is 4.18 Å². The molecule has 0 spiro atoms. The van der Waals surface area contributed by atoms with Crippen LogP contribution in [0.5, 0.6) is 0 Å². The molecule has 0 atom stereocenters. The molecule has 0 aromatic rings. The van der Waals surface area contributed by atoms with Gasteiger partial charge in [-0.1, -0.05) is 19.4 Å². The average Bonchev–Trinajstić information content (AvgIpc) is 2.39. The molecule has 22 heavy (non-hydrogen) atoms. The molecule has 0 aromatic carbocycles. The molecule has 0 aliphatic rings. The van der Waals surface area contributed by atoms with Crippen LogP contribution in [0.2, 0.25) is 0 Å². The van der Waals surface area contributed by atoms with Crippen molar-refractivity contribution in [2.45, 2.75) is 45.1 Å². The Morgan fingerprint density at radius 1 is 1.23 bits per heavy atom. The van der Waals surface area contributed by atoms with Gasteiger partial charge in [0.15, 0.2) is 0 Å². The molecule has 8 nitrogen and oxygen atoms in total. The highest BCUT2D eigenvalue weighted by Crippen LogP contribution is 2.04. The lowest BCUT2D eigenvalue weighted by Crippen LogP contribution is -2.54. The van der Waals surface area contributed by atoms with Crippen LogP contribution in [-0.4, -0.2) is 43.5 Å². The van der Waals surface area contributed by atoms with E-state index in [1.165, 1.54) is 0 Å². The maximum atomic E-state index is 11.9. The predicted molar refractivity (Wildman–Crippen MR) is 81.4 cm³/mol. The molecule has 0 radical (unpaired) electrons. The van der Waals surface area contributed by atoms with Crippen LogP contribution in [0.25, 0.3) is 0 Å². The lowest BCUT2D eigenvalue weighted by Gasteiger charge is -2.24. The van der Waals surface area contributed by atoms with E-state index in [4.69, 9.17) is 4.55 Å². The van der Waals surface area contributed by atoms with E-state index in [1.807, 2.05) is 0 Å². The van der Waals surface area contributed by atoms with E-state index in [9.17, 15) is 18.0 Å². The van der Waals surface area contributed by atoms with E-state index < -0.39 is 21.8 Å². The van der Waals surface area contributed by atoms with E-state index in [-0.39, 0.29) is 12.5 Å². The summed E-state index contributed by atoms with van der Waals surface area (Å²) in [5.74, 6) is -0.712. The van der Waals surface area contributed by atoms with Crippen molar-refractivity contribution in [2.75, 3.05) is 13.2 Å². The molecule has 0 aliphatic carbocycles. The van der Waals surface area contributed by atoms with Gasteiger partial charge in [0.2, 0.25) is 11.8 Å². The fraction of sp³-hybridized carbons (Fsp3) is 0.692. The van der Waals surface area contributed by atoms with E-state index in [2.05, 4.69) is 21.4 Å². The number of unbranched alkanes of at least 4 members (excludes halogenated alkanes) is 3. The molecular formula is C13H24N2O6S. The molecule has 0 saturated carbocycles. The number of nitrogens with one attached hydrogen (secondary N) is 2. The monoisotopic (exact) mass is 336 g/mol. The first-order chi connectivity index (χ1) is 10.1. The molecule has 0 bridgehead atoms. The third-order valence-electron chi connectivity index (χ3n) is 2.78. The second kappa shape index (κ2) is 9.54. The molecule has 0 aliphatic heterocycles. The van der Waals surface area contributed by atoms with Gasteiger partial charge in [0.1, 0.15) is 5.54 Å². The highest BCUT2D eigenvalue weighted by atomic mass is 32.3. The summed E-state index contributed by atoms with van der Waals surface area (Å²) in [7, 11) is -4.36. The summed E-state index contributed by atoms with van der Waals surface area (Å²) in [6.45, 7) is 6.90. The van der Waals surface area contributed by atoms with E-state index in [0.29, 0.717) is 25.8 Å². The molecule has 0 heterocycles. The van der Waals surface area contributed by atoms with Gasteiger partial charge in [0.25, 0.3) is 0 Å². The topological polar surface area (TPSA) is 122 Å². The minimum absolute atomic E-state index is 0.0637. The maximum Gasteiger partial charge on any atom is 0.397 e. The standard InChI is InChI=1S/C13H24N2O6S/c1-4-11(16)15-13(2,3)12(17)14-9-7-5-6-8-10-21-22(18,19)20/h4H,1,5-10H2,2-3H3,(H,14,17)(H,15,16)(H,18,19,20).